The van der Waals surface area contributed by atoms with Gasteiger partial charge in [-0.15, -0.1) is 0 Å². The molecule has 0 aliphatic carbocycles. The minimum atomic E-state index is -0.0507. The van der Waals surface area contributed by atoms with Crippen LogP contribution in [0.25, 0.3) is 0 Å². The van der Waals surface area contributed by atoms with E-state index in [0.29, 0.717) is 12.5 Å². The van der Waals surface area contributed by atoms with Crippen LogP contribution in [0.2, 0.25) is 0 Å². The SMILES string of the molecule is CCCNc1nc(C(OCC)C(C)C)ncc1Br. The molecule has 0 aliphatic rings. The Balaban J connectivity index is 2.93. The van der Waals surface area contributed by atoms with E-state index >= 15 is 0 Å². The summed E-state index contributed by atoms with van der Waals surface area (Å²) < 4.78 is 6.61. The van der Waals surface area contributed by atoms with Crippen molar-refractivity contribution in [1.82, 2.24) is 9.97 Å². The van der Waals surface area contributed by atoms with E-state index in [1.807, 2.05) is 6.92 Å². The van der Waals surface area contributed by atoms with Crippen LogP contribution in [0.1, 0.15) is 46.0 Å². The van der Waals surface area contributed by atoms with E-state index in [1.54, 1.807) is 6.20 Å². The maximum Gasteiger partial charge on any atom is 0.159 e. The van der Waals surface area contributed by atoms with Crippen molar-refractivity contribution in [3.8, 4) is 0 Å². The molecule has 1 unspecified atom stereocenters. The second-order valence-corrected chi connectivity index (χ2v) is 5.33. The fourth-order valence-corrected chi connectivity index (χ4v) is 1.96. The third-order valence-electron chi connectivity index (χ3n) is 2.51. The lowest BCUT2D eigenvalue weighted by molar-refractivity contribution is 0.0233. The first-order chi connectivity index (χ1) is 8.60. The normalized spacial score (nSPS) is 12.8. The van der Waals surface area contributed by atoms with Crippen molar-refractivity contribution >= 4 is 21.7 Å². The van der Waals surface area contributed by atoms with Gasteiger partial charge in [0.25, 0.3) is 0 Å². The molecule has 102 valence electrons. The Morgan fingerprint density at radius 1 is 1.39 bits per heavy atom. The van der Waals surface area contributed by atoms with Crippen molar-refractivity contribution in [2.45, 2.75) is 40.2 Å². The highest BCUT2D eigenvalue weighted by Gasteiger charge is 2.20. The third-order valence-corrected chi connectivity index (χ3v) is 3.09. The molecular weight excluding hydrogens is 294 g/mol. The van der Waals surface area contributed by atoms with Gasteiger partial charge >= 0.3 is 0 Å². The van der Waals surface area contributed by atoms with E-state index < -0.39 is 0 Å². The first-order valence-electron chi connectivity index (χ1n) is 6.48. The Morgan fingerprint density at radius 2 is 2.11 bits per heavy atom. The van der Waals surface area contributed by atoms with Gasteiger partial charge in [0.15, 0.2) is 5.82 Å². The van der Waals surface area contributed by atoms with Gasteiger partial charge in [-0.2, -0.15) is 0 Å². The summed E-state index contributed by atoms with van der Waals surface area (Å²) in [5.74, 6) is 1.94. The molecule has 1 rings (SSSR count). The highest BCUT2D eigenvalue weighted by atomic mass is 79.9. The van der Waals surface area contributed by atoms with Crippen molar-refractivity contribution in [2.24, 2.45) is 5.92 Å². The smallest absolute Gasteiger partial charge is 0.159 e. The second kappa shape index (κ2) is 7.69. The van der Waals surface area contributed by atoms with Crippen LogP contribution in [-0.2, 0) is 4.74 Å². The Bertz CT molecular complexity index is 371. The Morgan fingerprint density at radius 3 is 2.67 bits per heavy atom. The molecule has 1 heterocycles. The number of hydrogen-bond donors (Lipinski definition) is 1. The number of nitrogens with one attached hydrogen (secondary N) is 1. The highest BCUT2D eigenvalue weighted by molar-refractivity contribution is 9.10. The van der Waals surface area contributed by atoms with Gasteiger partial charge in [-0.3, -0.25) is 0 Å². The molecule has 1 N–H and O–H groups in total. The molecule has 1 aromatic rings. The minimum absolute atomic E-state index is 0.0507. The van der Waals surface area contributed by atoms with Crippen LogP contribution < -0.4 is 5.32 Å². The van der Waals surface area contributed by atoms with Crippen molar-refractivity contribution < 1.29 is 4.74 Å². The van der Waals surface area contributed by atoms with Crippen LogP contribution in [0.15, 0.2) is 10.7 Å². The van der Waals surface area contributed by atoms with E-state index in [4.69, 9.17) is 4.74 Å². The van der Waals surface area contributed by atoms with Gasteiger partial charge in [-0.1, -0.05) is 20.8 Å². The predicted octanol–water partition coefficient (Wildman–Crippen LogP) is 3.79. The molecule has 0 amide bonds. The molecular formula is C13H22BrN3O. The van der Waals surface area contributed by atoms with Gasteiger partial charge < -0.3 is 10.1 Å². The average molecular weight is 316 g/mol. The number of hydrogen-bond acceptors (Lipinski definition) is 4. The van der Waals surface area contributed by atoms with Crippen LogP contribution in [0.3, 0.4) is 0 Å². The maximum atomic E-state index is 5.72. The fourth-order valence-electron chi connectivity index (χ4n) is 1.63. The van der Waals surface area contributed by atoms with Crippen molar-refractivity contribution in [1.29, 1.82) is 0 Å². The molecule has 0 saturated carbocycles. The summed E-state index contributed by atoms with van der Waals surface area (Å²) in [4.78, 5) is 8.92. The lowest BCUT2D eigenvalue weighted by Crippen LogP contribution is -2.16. The van der Waals surface area contributed by atoms with Gasteiger partial charge in [0.05, 0.1) is 4.47 Å². The van der Waals surface area contributed by atoms with Gasteiger partial charge in [0, 0.05) is 19.3 Å². The number of anilines is 1. The van der Waals surface area contributed by atoms with Crippen molar-refractivity contribution in [3.05, 3.63) is 16.5 Å². The van der Waals surface area contributed by atoms with Gasteiger partial charge in [0.1, 0.15) is 11.9 Å². The lowest BCUT2D eigenvalue weighted by atomic mass is 10.1. The summed E-state index contributed by atoms with van der Waals surface area (Å²) in [5, 5.41) is 3.29. The number of halogens is 1. The second-order valence-electron chi connectivity index (χ2n) is 4.47. The molecule has 18 heavy (non-hydrogen) atoms. The summed E-state index contributed by atoms with van der Waals surface area (Å²) in [6.07, 6.45) is 2.80. The number of nitrogens with zero attached hydrogens (tertiary/aromatic N) is 2. The maximum absolute atomic E-state index is 5.72. The fraction of sp³-hybridized carbons (Fsp3) is 0.692. The number of aromatic nitrogens is 2. The van der Waals surface area contributed by atoms with Crippen LogP contribution in [0, 0.1) is 5.92 Å². The monoisotopic (exact) mass is 315 g/mol. The molecule has 0 radical (unpaired) electrons. The summed E-state index contributed by atoms with van der Waals surface area (Å²) in [6, 6.07) is 0. The average Bonchev–Trinajstić information content (AvgIpc) is 2.35. The minimum Gasteiger partial charge on any atom is -0.370 e. The first-order valence-corrected chi connectivity index (χ1v) is 7.27. The van der Waals surface area contributed by atoms with E-state index in [-0.39, 0.29) is 6.10 Å². The largest absolute Gasteiger partial charge is 0.370 e. The molecule has 0 spiro atoms. The third kappa shape index (κ3) is 4.21. The molecule has 0 fully saturated rings. The van der Waals surface area contributed by atoms with E-state index in [1.165, 1.54) is 0 Å². The molecule has 0 saturated heterocycles. The first kappa shape index (κ1) is 15.4. The Labute approximate surface area is 118 Å². The number of rotatable bonds is 7. The van der Waals surface area contributed by atoms with Crippen molar-refractivity contribution in [2.75, 3.05) is 18.5 Å². The van der Waals surface area contributed by atoms with Gasteiger partial charge in [-0.25, -0.2) is 9.97 Å². The summed E-state index contributed by atoms with van der Waals surface area (Å²) in [7, 11) is 0. The molecule has 0 aliphatic heterocycles. The van der Waals surface area contributed by atoms with Crippen LogP contribution in [0.4, 0.5) is 5.82 Å². The van der Waals surface area contributed by atoms with E-state index in [2.05, 4.69) is 52.0 Å². The van der Waals surface area contributed by atoms with Crippen LogP contribution in [-0.4, -0.2) is 23.1 Å². The van der Waals surface area contributed by atoms with Gasteiger partial charge in [0.2, 0.25) is 0 Å². The predicted molar refractivity (Wildman–Crippen MR) is 77.7 cm³/mol. The zero-order valence-corrected chi connectivity index (χ0v) is 13.1. The summed E-state index contributed by atoms with van der Waals surface area (Å²) in [6.45, 7) is 9.91. The standard InChI is InChI=1S/C13H22BrN3O/c1-5-7-15-12-10(14)8-16-13(17-12)11(9(3)4)18-6-2/h8-9,11H,5-7H2,1-4H3,(H,15,16,17). The van der Waals surface area contributed by atoms with E-state index in [0.717, 1.165) is 29.1 Å². The molecule has 4 nitrogen and oxygen atoms in total. The van der Waals surface area contributed by atoms with Gasteiger partial charge in [-0.05, 0) is 35.2 Å². The zero-order valence-electron chi connectivity index (χ0n) is 11.5. The summed E-state index contributed by atoms with van der Waals surface area (Å²) >= 11 is 3.46. The highest BCUT2D eigenvalue weighted by Crippen LogP contribution is 2.26. The Kier molecular flexibility index (Phi) is 6.57. The lowest BCUT2D eigenvalue weighted by Gasteiger charge is -2.20. The summed E-state index contributed by atoms with van der Waals surface area (Å²) in [5.41, 5.74) is 0. The van der Waals surface area contributed by atoms with Crippen LogP contribution >= 0.6 is 15.9 Å². The molecule has 0 aromatic carbocycles. The Hall–Kier alpha value is -0.680. The molecule has 1 atom stereocenters. The van der Waals surface area contributed by atoms with E-state index in [9.17, 15) is 0 Å². The zero-order chi connectivity index (χ0) is 13.5. The number of ether oxygens (including phenoxy) is 1. The topological polar surface area (TPSA) is 47.0 Å². The van der Waals surface area contributed by atoms with Crippen molar-refractivity contribution in [3.63, 3.8) is 0 Å². The quantitative estimate of drug-likeness (QED) is 0.831. The molecule has 5 heteroatoms. The molecule has 0 bridgehead atoms. The molecule has 1 aromatic heterocycles. The van der Waals surface area contributed by atoms with Crippen LogP contribution in [0.5, 0.6) is 0 Å².